The van der Waals surface area contributed by atoms with Crippen molar-refractivity contribution in [1.29, 1.82) is 0 Å². The lowest BCUT2D eigenvalue weighted by Crippen LogP contribution is -2.21. The number of nitrogens with zero attached hydrogens (tertiary/aromatic N) is 1. The number of aryl methyl sites for hydroxylation is 1. The van der Waals surface area contributed by atoms with E-state index < -0.39 is 16.6 Å². The fraction of sp³-hybridized carbons (Fsp3) is 0.389. The third-order valence-electron chi connectivity index (χ3n) is 3.62. The van der Waals surface area contributed by atoms with Crippen molar-refractivity contribution in [3.8, 4) is 11.6 Å². The number of hydrogen-bond acceptors (Lipinski definition) is 6. The highest BCUT2D eigenvalue weighted by Crippen LogP contribution is 2.23. The minimum Gasteiger partial charge on any atom is -0.476 e. The van der Waals surface area contributed by atoms with E-state index in [0.717, 1.165) is 25.1 Å². The van der Waals surface area contributed by atoms with Gasteiger partial charge in [0.05, 0.1) is 16.3 Å². The van der Waals surface area contributed by atoms with Crippen LogP contribution in [0.1, 0.15) is 19.0 Å². The van der Waals surface area contributed by atoms with E-state index in [-0.39, 0.29) is 10.6 Å². The van der Waals surface area contributed by atoms with E-state index in [9.17, 15) is 17.2 Å². The van der Waals surface area contributed by atoms with Gasteiger partial charge in [0, 0.05) is 12.6 Å². The molecule has 0 bridgehead atoms. The molecule has 1 aromatic carbocycles. The zero-order valence-corrected chi connectivity index (χ0v) is 16.4. The number of rotatable bonds is 11. The molecular formula is C18H23F2N3O4S. The van der Waals surface area contributed by atoms with Crippen molar-refractivity contribution >= 4 is 15.7 Å². The molecule has 28 heavy (non-hydrogen) atoms. The second-order valence-corrected chi connectivity index (χ2v) is 7.52. The Bertz CT molecular complexity index is 862. The topological polar surface area (TPSA) is 89.6 Å². The average Bonchev–Trinajstić information content (AvgIpc) is 2.63. The molecule has 7 nitrogen and oxygen atoms in total. The molecule has 0 atom stereocenters. The van der Waals surface area contributed by atoms with Gasteiger partial charge in [-0.2, -0.15) is 8.78 Å². The quantitative estimate of drug-likeness (QED) is 0.548. The lowest BCUT2D eigenvalue weighted by atomic mass is 10.3. The summed E-state index contributed by atoms with van der Waals surface area (Å²) >= 11 is 0. The molecule has 0 fully saturated rings. The summed E-state index contributed by atoms with van der Waals surface area (Å²) in [6.45, 7) is 2.80. The zero-order chi connectivity index (χ0) is 20.6. The highest BCUT2D eigenvalue weighted by Gasteiger charge is 2.16. The third-order valence-corrected chi connectivity index (χ3v) is 5.00. The number of halogens is 2. The molecule has 0 saturated carbocycles. The number of nitrogens with one attached hydrogen (secondary N) is 2. The molecule has 0 unspecified atom stereocenters. The summed E-state index contributed by atoms with van der Waals surface area (Å²) in [4.78, 5) is 4.15. The van der Waals surface area contributed by atoms with Crippen LogP contribution in [0.3, 0.4) is 0 Å². The largest absolute Gasteiger partial charge is 0.476 e. The van der Waals surface area contributed by atoms with Crippen LogP contribution in [0.5, 0.6) is 11.6 Å². The van der Waals surface area contributed by atoms with E-state index in [1.807, 2.05) is 0 Å². The second kappa shape index (κ2) is 10.2. The van der Waals surface area contributed by atoms with Crippen molar-refractivity contribution in [3.05, 3.63) is 42.1 Å². The van der Waals surface area contributed by atoms with Gasteiger partial charge in [-0.3, -0.25) is 4.72 Å². The number of sulfonamides is 1. The zero-order valence-electron chi connectivity index (χ0n) is 15.6. The fourth-order valence-corrected chi connectivity index (χ4v) is 3.38. The number of ether oxygens (including phenoxy) is 2. The number of pyridine rings is 1. The number of anilines is 1. The third kappa shape index (κ3) is 6.61. The van der Waals surface area contributed by atoms with Gasteiger partial charge in [0.25, 0.3) is 10.0 Å². The molecule has 154 valence electrons. The standard InChI is InChI=1S/C18H23F2N3O4S/c1-3-10-21-11-12-26-17-9-8-16(13(2)22-17)23-28(24,25)15-6-4-14(5-7-15)27-18(19)20/h4-9,18,21,23H,3,10-12H2,1-2H3. The smallest absolute Gasteiger partial charge is 0.387 e. The van der Waals surface area contributed by atoms with E-state index in [2.05, 4.69) is 26.7 Å². The van der Waals surface area contributed by atoms with Crippen LogP contribution in [0.4, 0.5) is 14.5 Å². The molecule has 2 rings (SSSR count). The molecule has 0 spiro atoms. The van der Waals surface area contributed by atoms with Gasteiger partial charge in [-0.05, 0) is 50.2 Å². The Balaban J connectivity index is 2.01. The lowest BCUT2D eigenvalue weighted by Gasteiger charge is -2.12. The Morgan fingerprint density at radius 3 is 2.43 bits per heavy atom. The first-order valence-corrected chi connectivity index (χ1v) is 10.2. The molecule has 0 aliphatic rings. The number of hydrogen-bond donors (Lipinski definition) is 2. The molecule has 0 aliphatic carbocycles. The van der Waals surface area contributed by atoms with Gasteiger partial charge in [0.1, 0.15) is 12.4 Å². The molecule has 0 aliphatic heterocycles. The van der Waals surface area contributed by atoms with Crippen molar-refractivity contribution in [2.75, 3.05) is 24.4 Å². The Hall–Kier alpha value is -2.46. The first kappa shape index (κ1) is 21.8. The summed E-state index contributed by atoms with van der Waals surface area (Å²) < 4.78 is 61.5. The molecule has 0 saturated heterocycles. The number of alkyl halides is 2. The predicted molar refractivity (Wildman–Crippen MR) is 102 cm³/mol. The van der Waals surface area contributed by atoms with E-state index in [4.69, 9.17) is 4.74 Å². The van der Waals surface area contributed by atoms with Crippen LogP contribution in [-0.4, -0.2) is 39.7 Å². The maximum Gasteiger partial charge on any atom is 0.387 e. The van der Waals surface area contributed by atoms with E-state index >= 15 is 0 Å². The number of benzene rings is 1. The van der Waals surface area contributed by atoms with E-state index in [1.54, 1.807) is 19.1 Å². The second-order valence-electron chi connectivity index (χ2n) is 5.84. The first-order chi connectivity index (χ1) is 13.3. The minimum absolute atomic E-state index is 0.0872. The Morgan fingerprint density at radius 1 is 1.11 bits per heavy atom. The highest BCUT2D eigenvalue weighted by atomic mass is 32.2. The molecule has 2 N–H and O–H groups in total. The maximum absolute atomic E-state index is 12.5. The van der Waals surface area contributed by atoms with Gasteiger partial charge >= 0.3 is 6.61 Å². The highest BCUT2D eigenvalue weighted by molar-refractivity contribution is 7.92. The van der Waals surface area contributed by atoms with Gasteiger partial charge in [-0.15, -0.1) is 0 Å². The summed E-state index contributed by atoms with van der Waals surface area (Å²) in [5.74, 6) is 0.272. The molecule has 0 radical (unpaired) electrons. The molecule has 1 heterocycles. The maximum atomic E-state index is 12.5. The van der Waals surface area contributed by atoms with Gasteiger partial charge in [0.15, 0.2) is 0 Å². The first-order valence-electron chi connectivity index (χ1n) is 8.70. The van der Waals surface area contributed by atoms with Crippen LogP contribution in [0.25, 0.3) is 0 Å². The van der Waals surface area contributed by atoms with Crippen molar-refractivity contribution in [1.82, 2.24) is 10.3 Å². The van der Waals surface area contributed by atoms with Crippen LogP contribution in [0, 0.1) is 6.92 Å². The van der Waals surface area contributed by atoms with Crippen LogP contribution < -0.4 is 19.5 Å². The molecule has 0 amide bonds. The Morgan fingerprint density at radius 2 is 1.82 bits per heavy atom. The average molecular weight is 415 g/mol. The van der Waals surface area contributed by atoms with Gasteiger partial charge in [0.2, 0.25) is 5.88 Å². The van der Waals surface area contributed by atoms with Crippen molar-refractivity contribution in [3.63, 3.8) is 0 Å². The summed E-state index contributed by atoms with van der Waals surface area (Å²) in [5, 5.41) is 3.20. The monoisotopic (exact) mass is 415 g/mol. The molecule has 2 aromatic rings. The Labute approximate surface area is 163 Å². The normalized spacial score (nSPS) is 11.5. The van der Waals surface area contributed by atoms with Gasteiger partial charge in [-0.25, -0.2) is 13.4 Å². The lowest BCUT2D eigenvalue weighted by molar-refractivity contribution is -0.0498. The fourth-order valence-electron chi connectivity index (χ4n) is 2.26. The SMILES string of the molecule is CCCNCCOc1ccc(NS(=O)(=O)c2ccc(OC(F)F)cc2)c(C)n1. The van der Waals surface area contributed by atoms with Crippen molar-refractivity contribution in [2.45, 2.75) is 31.8 Å². The number of aromatic nitrogens is 1. The minimum atomic E-state index is -3.91. The summed E-state index contributed by atoms with van der Waals surface area (Å²) in [7, 11) is -3.91. The van der Waals surface area contributed by atoms with E-state index in [1.165, 1.54) is 12.1 Å². The van der Waals surface area contributed by atoms with Gasteiger partial charge < -0.3 is 14.8 Å². The van der Waals surface area contributed by atoms with Crippen LogP contribution in [0.15, 0.2) is 41.3 Å². The Kier molecular flexibility index (Phi) is 7.94. The summed E-state index contributed by atoms with van der Waals surface area (Å²) in [6.07, 6.45) is 1.04. The summed E-state index contributed by atoms with van der Waals surface area (Å²) in [6, 6.07) is 7.82. The predicted octanol–water partition coefficient (Wildman–Crippen LogP) is 3.17. The van der Waals surface area contributed by atoms with E-state index in [0.29, 0.717) is 30.4 Å². The van der Waals surface area contributed by atoms with Crippen LogP contribution >= 0.6 is 0 Å². The summed E-state index contributed by atoms with van der Waals surface area (Å²) in [5.41, 5.74) is 0.740. The van der Waals surface area contributed by atoms with Crippen LogP contribution in [-0.2, 0) is 10.0 Å². The van der Waals surface area contributed by atoms with Crippen molar-refractivity contribution in [2.24, 2.45) is 0 Å². The molecular weight excluding hydrogens is 392 g/mol. The molecule has 1 aromatic heterocycles. The van der Waals surface area contributed by atoms with Crippen molar-refractivity contribution < 1.29 is 26.7 Å². The molecule has 10 heteroatoms. The van der Waals surface area contributed by atoms with Crippen LogP contribution in [0.2, 0.25) is 0 Å². The van der Waals surface area contributed by atoms with Gasteiger partial charge in [-0.1, -0.05) is 6.92 Å².